The van der Waals surface area contributed by atoms with Crippen LogP contribution in [0.3, 0.4) is 0 Å². The Morgan fingerprint density at radius 1 is 1.17 bits per heavy atom. The average Bonchev–Trinajstić information content (AvgIpc) is 2.88. The standard InChI is InChI=1S/C19H22ClNO3/c20-17-9-7-13(19(22)23)11-16(17)18-10-8-15(24-18)12-21-14-5-3-1-2-4-6-14/h7-11,14,21H,1-6,12H2,(H,22,23). The van der Waals surface area contributed by atoms with Gasteiger partial charge in [-0.1, -0.05) is 37.3 Å². The van der Waals surface area contributed by atoms with E-state index in [1.165, 1.54) is 44.6 Å². The van der Waals surface area contributed by atoms with Crippen molar-refractivity contribution in [2.45, 2.75) is 51.1 Å². The van der Waals surface area contributed by atoms with Crippen LogP contribution in [0.5, 0.6) is 0 Å². The summed E-state index contributed by atoms with van der Waals surface area (Å²) in [6.07, 6.45) is 7.69. The summed E-state index contributed by atoms with van der Waals surface area (Å²) >= 11 is 6.19. The summed E-state index contributed by atoms with van der Waals surface area (Å²) in [6.45, 7) is 0.681. The number of nitrogens with one attached hydrogen (secondary N) is 1. The van der Waals surface area contributed by atoms with Crippen LogP contribution in [-0.2, 0) is 6.54 Å². The molecule has 24 heavy (non-hydrogen) atoms. The van der Waals surface area contributed by atoms with Crippen LogP contribution in [0, 0.1) is 0 Å². The Bertz CT molecular complexity index is 702. The summed E-state index contributed by atoms with van der Waals surface area (Å²) in [5.41, 5.74) is 0.807. The smallest absolute Gasteiger partial charge is 0.335 e. The van der Waals surface area contributed by atoms with Crippen LogP contribution < -0.4 is 5.32 Å². The molecular weight excluding hydrogens is 326 g/mol. The zero-order valence-corrected chi connectivity index (χ0v) is 14.3. The fraction of sp³-hybridized carbons (Fsp3) is 0.421. The predicted molar refractivity (Wildman–Crippen MR) is 94.4 cm³/mol. The minimum Gasteiger partial charge on any atom is -0.478 e. The van der Waals surface area contributed by atoms with Crippen molar-refractivity contribution in [3.8, 4) is 11.3 Å². The van der Waals surface area contributed by atoms with Gasteiger partial charge in [-0.15, -0.1) is 0 Å². The van der Waals surface area contributed by atoms with Gasteiger partial charge in [0.15, 0.2) is 0 Å². The molecular formula is C19H22ClNO3. The van der Waals surface area contributed by atoms with Gasteiger partial charge in [0.05, 0.1) is 17.1 Å². The summed E-state index contributed by atoms with van der Waals surface area (Å²) in [5, 5.41) is 13.2. The van der Waals surface area contributed by atoms with Crippen molar-refractivity contribution in [2.24, 2.45) is 0 Å². The van der Waals surface area contributed by atoms with E-state index in [0.29, 0.717) is 28.9 Å². The monoisotopic (exact) mass is 347 g/mol. The van der Waals surface area contributed by atoms with Crippen LogP contribution in [0.15, 0.2) is 34.7 Å². The number of hydrogen-bond acceptors (Lipinski definition) is 3. The van der Waals surface area contributed by atoms with Crippen molar-refractivity contribution >= 4 is 17.6 Å². The number of carboxylic acid groups (broad SMARTS) is 1. The third kappa shape index (κ3) is 4.19. The Kier molecular flexibility index (Phi) is 5.59. The van der Waals surface area contributed by atoms with Crippen molar-refractivity contribution in [3.63, 3.8) is 0 Å². The number of hydrogen-bond donors (Lipinski definition) is 2. The molecule has 0 atom stereocenters. The van der Waals surface area contributed by atoms with Gasteiger partial charge in [0.25, 0.3) is 0 Å². The molecule has 2 aromatic rings. The van der Waals surface area contributed by atoms with Crippen LogP contribution in [0.2, 0.25) is 5.02 Å². The minimum absolute atomic E-state index is 0.198. The van der Waals surface area contributed by atoms with E-state index >= 15 is 0 Å². The van der Waals surface area contributed by atoms with Gasteiger partial charge in [-0.05, 0) is 43.2 Å². The van der Waals surface area contributed by atoms with E-state index in [0.717, 1.165) is 5.76 Å². The maximum atomic E-state index is 11.1. The lowest BCUT2D eigenvalue weighted by atomic mass is 10.1. The first-order valence-electron chi connectivity index (χ1n) is 8.49. The first kappa shape index (κ1) is 17.1. The van der Waals surface area contributed by atoms with Crippen molar-refractivity contribution < 1.29 is 14.3 Å². The van der Waals surface area contributed by atoms with Gasteiger partial charge < -0.3 is 14.8 Å². The normalized spacial score (nSPS) is 16.0. The number of aromatic carboxylic acids is 1. The molecule has 1 aromatic heterocycles. The number of rotatable bonds is 5. The lowest BCUT2D eigenvalue weighted by molar-refractivity contribution is 0.0697. The SMILES string of the molecule is O=C(O)c1ccc(Cl)c(-c2ccc(CNC3CCCCCC3)o2)c1. The van der Waals surface area contributed by atoms with E-state index in [2.05, 4.69) is 5.32 Å². The maximum absolute atomic E-state index is 11.1. The van der Waals surface area contributed by atoms with E-state index in [9.17, 15) is 4.79 Å². The highest BCUT2D eigenvalue weighted by atomic mass is 35.5. The van der Waals surface area contributed by atoms with Crippen LogP contribution in [0.1, 0.15) is 54.6 Å². The Morgan fingerprint density at radius 2 is 1.92 bits per heavy atom. The fourth-order valence-electron chi connectivity index (χ4n) is 3.19. The number of halogens is 1. The molecule has 4 nitrogen and oxygen atoms in total. The van der Waals surface area contributed by atoms with Crippen LogP contribution >= 0.6 is 11.6 Å². The number of carbonyl (C=O) groups is 1. The summed E-state index contributed by atoms with van der Waals surface area (Å²) in [5.74, 6) is 0.460. The highest BCUT2D eigenvalue weighted by molar-refractivity contribution is 6.33. The Morgan fingerprint density at radius 3 is 2.62 bits per heavy atom. The molecule has 0 saturated heterocycles. The highest BCUT2D eigenvalue weighted by Crippen LogP contribution is 2.30. The van der Waals surface area contributed by atoms with Crippen molar-refractivity contribution in [2.75, 3.05) is 0 Å². The van der Waals surface area contributed by atoms with Crippen molar-refractivity contribution in [1.29, 1.82) is 0 Å². The zero-order chi connectivity index (χ0) is 16.9. The van der Waals surface area contributed by atoms with Gasteiger partial charge in [0.1, 0.15) is 11.5 Å². The first-order chi connectivity index (χ1) is 11.6. The maximum Gasteiger partial charge on any atom is 0.335 e. The molecule has 1 heterocycles. The molecule has 0 amide bonds. The molecule has 1 aromatic carbocycles. The number of benzene rings is 1. The molecule has 1 aliphatic carbocycles. The lowest BCUT2D eigenvalue weighted by Gasteiger charge is -2.14. The summed E-state index contributed by atoms with van der Waals surface area (Å²) in [6, 6.07) is 8.95. The molecule has 128 valence electrons. The summed E-state index contributed by atoms with van der Waals surface area (Å²) in [7, 11) is 0. The molecule has 0 aliphatic heterocycles. The Labute approximate surface area is 146 Å². The molecule has 2 N–H and O–H groups in total. The van der Waals surface area contributed by atoms with Gasteiger partial charge in [-0.2, -0.15) is 0 Å². The lowest BCUT2D eigenvalue weighted by Crippen LogP contribution is -2.27. The van der Waals surface area contributed by atoms with Gasteiger partial charge in [0.2, 0.25) is 0 Å². The minimum atomic E-state index is -0.977. The van der Waals surface area contributed by atoms with Crippen LogP contribution in [-0.4, -0.2) is 17.1 Å². The molecule has 1 aliphatic rings. The van der Waals surface area contributed by atoms with Gasteiger partial charge in [-0.3, -0.25) is 0 Å². The second-order valence-corrected chi connectivity index (χ2v) is 6.74. The second kappa shape index (κ2) is 7.86. The molecule has 5 heteroatoms. The molecule has 3 rings (SSSR count). The second-order valence-electron chi connectivity index (χ2n) is 6.34. The number of furan rings is 1. The first-order valence-corrected chi connectivity index (χ1v) is 8.86. The van der Waals surface area contributed by atoms with Crippen molar-refractivity contribution in [1.82, 2.24) is 5.32 Å². The molecule has 0 spiro atoms. The van der Waals surface area contributed by atoms with E-state index in [-0.39, 0.29) is 5.56 Å². The van der Waals surface area contributed by atoms with Crippen molar-refractivity contribution in [3.05, 3.63) is 46.7 Å². The Balaban J connectivity index is 1.69. The van der Waals surface area contributed by atoms with Crippen LogP contribution in [0.25, 0.3) is 11.3 Å². The molecule has 1 fully saturated rings. The van der Waals surface area contributed by atoms with Gasteiger partial charge >= 0.3 is 5.97 Å². The average molecular weight is 348 g/mol. The van der Waals surface area contributed by atoms with Gasteiger partial charge in [0, 0.05) is 11.6 Å². The summed E-state index contributed by atoms with van der Waals surface area (Å²) < 4.78 is 5.87. The zero-order valence-electron chi connectivity index (χ0n) is 13.6. The summed E-state index contributed by atoms with van der Waals surface area (Å²) in [4.78, 5) is 11.1. The van der Waals surface area contributed by atoms with Gasteiger partial charge in [-0.25, -0.2) is 4.79 Å². The van der Waals surface area contributed by atoms with E-state index < -0.39 is 5.97 Å². The molecule has 0 unspecified atom stereocenters. The largest absolute Gasteiger partial charge is 0.478 e. The molecule has 0 radical (unpaired) electrons. The van der Waals surface area contributed by atoms with E-state index in [1.807, 2.05) is 12.1 Å². The molecule has 1 saturated carbocycles. The predicted octanol–water partition coefficient (Wildman–Crippen LogP) is 5.11. The molecule has 0 bridgehead atoms. The quantitative estimate of drug-likeness (QED) is 0.738. The Hall–Kier alpha value is -1.78. The topological polar surface area (TPSA) is 62.5 Å². The van der Waals surface area contributed by atoms with E-state index in [1.54, 1.807) is 12.1 Å². The van der Waals surface area contributed by atoms with Crippen LogP contribution in [0.4, 0.5) is 0 Å². The third-order valence-electron chi connectivity index (χ3n) is 4.56. The number of carboxylic acids is 1. The third-order valence-corrected chi connectivity index (χ3v) is 4.89. The fourth-order valence-corrected chi connectivity index (χ4v) is 3.40. The van der Waals surface area contributed by atoms with E-state index in [4.69, 9.17) is 21.1 Å². The highest BCUT2D eigenvalue weighted by Gasteiger charge is 2.14.